The molecule has 1 aromatic rings. The number of methoxy groups -OCH3 is 1. The molecule has 1 aromatic heterocycles. The van der Waals surface area contributed by atoms with E-state index in [4.69, 9.17) is 4.74 Å². The molecule has 5 nitrogen and oxygen atoms in total. The minimum atomic E-state index is 0.0284. The summed E-state index contributed by atoms with van der Waals surface area (Å²) in [4.78, 5) is 18.5. The number of nitrogens with one attached hydrogen (secondary N) is 1. The number of hydrogen-bond donors (Lipinski definition) is 1. The third-order valence-corrected chi connectivity index (χ3v) is 3.66. The van der Waals surface area contributed by atoms with Crippen LogP contribution in [0.1, 0.15) is 30.3 Å². The SMILES string of the molecule is CCNc1ccnc(C(=O)N2CCC(COC)CC2)c1. The van der Waals surface area contributed by atoms with Gasteiger partial charge in [-0.3, -0.25) is 9.78 Å². The molecule has 1 N–H and O–H groups in total. The van der Waals surface area contributed by atoms with Crippen molar-refractivity contribution in [3.05, 3.63) is 24.0 Å². The lowest BCUT2D eigenvalue weighted by molar-refractivity contribution is 0.0608. The van der Waals surface area contributed by atoms with Crippen LogP contribution in [0.5, 0.6) is 0 Å². The second-order valence-corrected chi connectivity index (χ2v) is 5.15. The van der Waals surface area contributed by atoms with E-state index in [9.17, 15) is 4.79 Å². The van der Waals surface area contributed by atoms with Crippen LogP contribution >= 0.6 is 0 Å². The molecule has 0 aromatic carbocycles. The lowest BCUT2D eigenvalue weighted by Crippen LogP contribution is -2.39. The van der Waals surface area contributed by atoms with Crippen LogP contribution in [-0.4, -0.2) is 49.1 Å². The zero-order valence-corrected chi connectivity index (χ0v) is 12.3. The van der Waals surface area contributed by atoms with E-state index in [2.05, 4.69) is 10.3 Å². The van der Waals surface area contributed by atoms with E-state index in [0.717, 1.165) is 44.8 Å². The van der Waals surface area contributed by atoms with E-state index in [1.807, 2.05) is 24.0 Å². The highest BCUT2D eigenvalue weighted by atomic mass is 16.5. The topological polar surface area (TPSA) is 54.5 Å². The predicted octanol–water partition coefficient (Wildman–Crippen LogP) is 2.01. The average Bonchev–Trinajstić information content (AvgIpc) is 2.48. The second kappa shape index (κ2) is 7.24. The van der Waals surface area contributed by atoms with Crippen LogP contribution in [0.15, 0.2) is 18.3 Å². The molecule has 0 atom stereocenters. The van der Waals surface area contributed by atoms with Gasteiger partial charge in [-0.15, -0.1) is 0 Å². The summed E-state index contributed by atoms with van der Waals surface area (Å²) in [5, 5.41) is 3.20. The van der Waals surface area contributed by atoms with Gasteiger partial charge in [0.2, 0.25) is 0 Å². The van der Waals surface area contributed by atoms with Crippen LogP contribution in [0.2, 0.25) is 0 Å². The zero-order valence-electron chi connectivity index (χ0n) is 12.3. The summed E-state index contributed by atoms with van der Waals surface area (Å²) in [6, 6.07) is 3.71. The molecule has 0 spiro atoms. The Bertz CT molecular complexity index is 442. The number of anilines is 1. The molecule has 0 saturated carbocycles. The van der Waals surface area contributed by atoms with Crippen molar-refractivity contribution in [2.75, 3.05) is 38.7 Å². The maximum absolute atomic E-state index is 12.4. The summed E-state index contributed by atoms with van der Waals surface area (Å²) in [7, 11) is 1.73. The summed E-state index contributed by atoms with van der Waals surface area (Å²) >= 11 is 0. The molecule has 0 radical (unpaired) electrons. The van der Waals surface area contributed by atoms with E-state index in [1.54, 1.807) is 13.3 Å². The molecule has 1 aliphatic rings. The molecule has 5 heteroatoms. The Kier molecular flexibility index (Phi) is 5.35. The van der Waals surface area contributed by atoms with E-state index < -0.39 is 0 Å². The normalized spacial score (nSPS) is 16.2. The van der Waals surface area contributed by atoms with Crippen LogP contribution in [0.25, 0.3) is 0 Å². The standard InChI is InChI=1S/C15H23N3O2/c1-3-16-13-4-7-17-14(10-13)15(19)18-8-5-12(6-9-18)11-20-2/h4,7,10,12H,3,5-6,8-9,11H2,1-2H3,(H,16,17). The van der Waals surface area contributed by atoms with Gasteiger partial charge in [0.15, 0.2) is 0 Å². The molecular formula is C15H23N3O2. The molecule has 0 bridgehead atoms. The van der Waals surface area contributed by atoms with Gasteiger partial charge in [0.1, 0.15) is 5.69 Å². The number of carbonyl (C=O) groups excluding carboxylic acids is 1. The Labute approximate surface area is 120 Å². The number of ether oxygens (including phenoxy) is 1. The van der Waals surface area contributed by atoms with Crippen molar-refractivity contribution < 1.29 is 9.53 Å². The Morgan fingerprint density at radius 2 is 2.25 bits per heavy atom. The number of pyridine rings is 1. The van der Waals surface area contributed by atoms with Gasteiger partial charge in [-0.25, -0.2) is 0 Å². The largest absolute Gasteiger partial charge is 0.385 e. The number of carbonyl (C=O) groups is 1. The summed E-state index contributed by atoms with van der Waals surface area (Å²) < 4.78 is 5.18. The Balaban J connectivity index is 1.96. The highest BCUT2D eigenvalue weighted by molar-refractivity contribution is 5.93. The van der Waals surface area contributed by atoms with Crippen LogP contribution < -0.4 is 5.32 Å². The minimum Gasteiger partial charge on any atom is -0.385 e. The molecule has 1 aliphatic heterocycles. The highest BCUT2D eigenvalue weighted by Gasteiger charge is 2.24. The first kappa shape index (κ1) is 14.8. The monoisotopic (exact) mass is 277 g/mol. The second-order valence-electron chi connectivity index (χ2n) is 5.15. The van der Waals surface area contributed by atoms with Gasteiger partial charge in [-0.05, 0) is 37.8 Å². The molecule has 0 unspecified atom stereocenters. The summed E-state index contributed by atoms with van der Waals surface area (Å²) in [6.45, 7) is 5.23. The molecule has 1 amide bonds. The van der Waals surface area contributed by atoms with Crippen LogP contribution in [0.4, 0.5) is 5.69 Å². The maximum Gasteiger partial charge on any atom is 0.272 e. The van der Waals surface area contributed by atoms with Crippen molar-refractivity contribution in [3.63, 3.8) is 0 Å². The molecule has 0 aliphatic carbocycles. The molecular weight excluding hydrogens is 254 g/mol. The van der Waals surface area contributed by atoms with Crippen molar-refractivity contribution in [3.8, 4) is 0 Å². The molecule has 1 fully saturated rings. The van der Waals surface area contributed by atoms with Crippen LogP contribution in [0.3, 0.4) is 0 Å². The number of nitrogens with zero attached hydrogens (tertiary/aromatic N) is 2. The zero-order chi connectivity index (χ0) is 14.4. The van der Waals surface area contributed by atoms with Gasteiger partial charge in [-0.2, -0.15) is 0 Å². The first-order chi connectivity index (χ1) is 9.74. The van der Waals surface area contributed by atoms with E-state index in [-0.39, 0.29) is 5.91 Å². The van der Waals surface area contributed by atoms with Crippen molar-refractivity contribution in [2.45, 2.75) is 19.8 Å². The summed E-state index contributed by atoms with van der Waals surface area (Å²) in [5.74, 6) is 0.603. The fourth-order valence-electron chi connectivity index (χ4n) is 2.56. The summed E-state index contributed by atoms with van der Waals surface area (Å²) in [5.41, 5.74) is 1.47. The maximum atomic E-state index is 12.4. The van der Waals surface area contributed by atoms with Gasteiger partial charge in [0.05, 0.1) is 0 Å². The number of rotatable bonds is 5. The number of piperidine rings is 1. The lowest BCUT2D eigenvalue weighted by atomic mass is 9.97. The molecule has 20 heavy (non-hydrogen) atoms. The van der Waals surface area contributed by atoms with Crippen molar-refractivity contribution in [2.24, 2.45) is 5.92 Å². The van der Waals surface area contributed by atoms with Crippen LogP contribution in [-0.2, 0) is 4.74 Å². The number of likely N-dealkylation sites (tertiary alicyclic amines) is 1. The van der Waals surface area contributed by atoms with Crippen molar-refractivity contribution in [1.82, 2.24) is 9.88 Å². The van der Waals surface area contributed by atoms with E-state index in [0.29, 0.717) is 11.6 Å². The third-order valence-electron chi connectivity index (χ3n) is 3.66. The Hall–Kier alpha value is -1.62. The lowest BCUT2D eigenvalue weighted by Gasteiger charge is -2.31. The third kappa shape index (κ3) is 3.70. The van der Waals surface area contributed by atoms with Gasteiger partial charge in [0.25, 0.3) is 5.91 Å². The molecule has 110 valence electrons. The number of aromatic nitrogens is 1. The van der Waals surface area contributed by atoms with Crippen molar-refractivity contribution >= 4 is 11.6 Å². The van der Waals surface area contributed by atoms with Gasteiger partial charge >= 0.3 is 0 Å². The minimum absolute atomic E-state index is 0.0284. The van der Waals surface area contributed by atoms with Gasteiger partial charge in [-0.1, -0.05) is 0 Å². The Morgan fingerprint density at radius 1 is 1.50 bits per heavy atom. The molecule has 2 heterocycles. The van der Waals surface area contributed by atoms with Gasteiger partial charge in [0, 0.05) is 45.2 Å². The smallest absolute Gasteiger partial charge is 0.272 e. The molecule has 2 rings (SSSR count). The van der Waals surface area contributed by atoms with Gasteiger partial charge < -0.3 is 15.0 Å². The number of amides is 1. The van der Waals surface area contributed by atoms with E-state index >= 15 is 0 Å². The quantitative estimate of drug-likeness (QED) is 0.894. The average molecular weight is 277 g/mol. The van der Waals surface area contributed by atoms with Crippen molar-refractivity contribution in [1.29, 1.82) is 0 Å². The predicted molar refractivity (Wildman–Crippen MR) is 78.9 cm³/mol. The fraction of sp³-hybridized carbons (Fsp3) is 0.600. The Morgan fingerprint density at radius 3 is 2.90 bits per heavy atom. The van der Waals surface area contributed by atoms with Crippen LogP contribution in [0, 0.1) is 5.92 Å². The first-order valence-electron chi connectivity index (χ1n) is 7.22. The number of hydrogen-bond acceptors (Lipinski definition) is 4. The van der Waals surface area contributed by atoms with E-state index in [1.165, 1.54) is 0 Å². The fourth-order valence-corrected chi connectivity index (χ4v) is 2.56. The summed E-state index contributed by atoms with van der Waals surface area (Å²) in [6.07, 6.45) is 3.70. The first-order valence-corrected chi connectivity index (χ1v) is 7.22. The molecule has 1 saturated heterocycles. The highest BCUT2D eigenvalue weighted by Crippen LogP contribution is 2.19.